The van der Waals surface area contributed by atoms with E-state index in [9.17, 15) is 4.79 Å². The molecule has 1 atom stereocenters. The van der Waals surface area contributed by atoms with E-state index >= 15 is 0 Å². The maximum absolute atomic E-state index is 11.6. The van der Waals surface area contributed by atoms with Gasteiger partial charge in [-0.2, -0.15) is 0 Å². The number of pyridine rings is 2. The van der Waals surface area contributed by atoms with Gasteiger partial charge in [0.2, 0.25) is 5.91 Å². The standard InChI is InChI=1S/C26H28N6O4/c1-16(33)29-23-10-18-19(13-32(3)21(18)12-28-23)20-11-22(35-14-24-27-6-7-31(24)2)17-4-8-36-26(25(17)30-20)5-9-34-15-26/h6-7,10-13H,4-5,8-9,14-15H2,1-3H3,(H,28,29,33). The van der Waals surface area contributed by atoms with Crippen LogP contribution in [0.1, 0.15) is 30.4 Å². The maximum Gasteiger partial charge on any atom is 0.222 e. The SMILES string of the molecule is CC(=O)Nc1cc2c(-c3cc(OCc4nccn4C)c4c(n3)C3(CCOC3)OCC4)cn(C)c2cn1. The third kappa shape index (κ3) is 3.82. The van der Waals surface area contributed by atoms with E-state index in [1.165, 1.54) is 6.92 Å². The van der Waals surface area contributed by atoms with Crippen LogP contribution >= 0.6 is 0 Å². The molecule has 6 heterocycles. The van der Waals surface area contributed by atoms with E-state index in [2.05, 4.69) is 15.3 Å². The number of nitrogens with zero attached hydrogens (tertiary/aromatic N) is 5. The minimum Gasteiger partial charge on any atom is -0.485 e. The molecule has 1 N–H and O–H groups in total. The van der Waals surface area contributed by atoms with Gasteiger partial charge in [0.1, 0.15) is 29.6 Å². The highest BCUT2D eigenvalue weighted by molar-refractivity contribution is 5.98. The fourth-order valence-corrected chi connectivity index (χ4v) is 5.11. The quantitative estimate of drug-likeness (QED) is 0.460. The van der Waals surface area contributed by atoms with E-state index in [4.69, 9.17) is 19.2 Å². The van der Waals surface area contributed by atoms with Crippen molar-refractivity contribution in [1.29, 1.82) is 0 Å². The summed E-state index contributed by atoms with van der Waals surface area (Å²) >= 11 is 0. The summed E-state index contributed by atoms with van der Waals surface area (Å²) in [4.78, 5) is 25.6. The van der Waals surface area contributed by atoms with Crippen LogP contribution in [0.2, 0.25) is 0 Å². The molecule has 2 aliphatic rings. The van der Waals surface area contributed by atoms with E-state index in [-0.39, 0.29) is 5.91 Å². The Hall–Kier alpha value is -3.76. The topological polar surface area (TPSA) is 105 Å². The van der Waals surface area contributed by atoms with Gasteiger partial charge in [-0.1, -0.05) is 0 Å². The van der Waals surface area contributed by atoms with Crippen LogP contribution in [-0.4, -0.2) is 49.8 Å². The number of aromatic nitrogens is 5. The molecule has 2 aliphatic heterocycles. The van der Waals surface area contributed by atoms with Crippen LogP contribution in [0.4, 0.5) is 5.82 Å². The van der Waals surface area contributed by atoms with Crippen molar-refractivity contribution in [2.24, 2.45) is 14.1 Å². The van der Waals surface area contributed by atoms with Crippen molar-refractivity contribution in [2.45, 2.75) is 32.0 Å². The van der Waals surface area contributed by atoms with Crippen molar-refractivity contribution in [2.75, 3.05) is 25.1 Å². The summed E-state index contributed by atoms with van der Waals surface area (Å²) < 4.78 is 22.4. The van der Waals surface area contributed by atoms with Gasteiger partial charge in [0.25, 0.3) is 0 Å². The molecular weight excluding hydrogens is 460 g/mol. The number of amides is 1. The summed E-state index contributed by atoms with van der Waals surface area (Å²) in [5, 5.41) is 3.71. The summed E-state index contributed by atoms with van der Waals surface area (Å²) in [6.45, 7) is 3.51. The van der Waals surface area contributed by atoms with Gasteiger partial charge in [0.15, 0.2) is 0 Å². The molecule has 0 radical (unpaired) electrons. The van der Waals surface area contributed by atoms with Gasteiger partial charge in [-0.05, 0) is 6.07 Å². The zero-order chi connectivity index (χ0) is 24.9. The van der Waals surface area contributed by atoms with E-state index in [1.807, 2.05) is 47.8 Å². The predicted molar refractivity (Wildman–Crippen MR) is 133 cm³/mol. The van der Waals surface area contributed by atoms with E-state index < -0.39 is 5.60 Å². The molecule has 0 saturated carbocycles. The summed E-state index contributed by atoms with van der Waals surface area (Å²) in [7, 11) is 3.92. The normalized spacial score (nSPS) is 19.1. The summed E-state index contributed by atoms with van der Waals surface area (Å²) in [6, 6.07) is 3.89. The molecular formula is C26H28N6O4. The first-order chi connectivity index (χ1) is 17.4. The number of imidazole rings is 1. The van der Waals surface area contributed by atoms with Crippen LogP contribution in [-0.2, 0) is 47.0 Å². The first-order valence-electron chi connectivity index (χ1n) is 12.0. The minimum atomic E-state index is -0.571. The second kappa shape index (κ2) is 8.72. The highest BCUT2D eigenvalue weighted by atomic mass is 16.6. The molecule has 0 bridgehead atoms. The monoisotopic (exact) mass is 488 g/mol. The van der Waals surface area contributed by atoms with Crippen molar-refractivity contribution in [3.8, 4) is 17.0 Å². The van der Waals surface area contributed by atoms with Crippen molar-refractivity contribution in [3.63, 3.8) is 0 Å². The smallest absolute Gasteiger partial charge is 0.222 e. The molecule has 0 aliphatic carbocycles. The van der Waals surface area contributed by atoms with Crippen molar-refractivity contribution in [1.82, 2.24) is 24.1 Å². The number of fused-ring (bicyclic) bond motifs is 3. The van der Waals surface area contributed by atoms with Crippen molar-refractivity contribution in [3.05, 3.63) is 54.0 Å². The fraction of sp³-hybridized carbons (Fsp3) is 0.385. The van der Waals surface area contributed by atoms with Gasteiger partial charge >= 0.3 is 0 Å². The van der Waals surface area contributed by atoms with E-state index in [1.54, 1.807) is 12.4 Å². The molecule has 186 valence electrons. The van der Waals surface area contributed by atoms with Crippen LogP contribution < -0.4 is 10.1 Å². The van der Waals surface area contributed by atoms with Crippen LogP contribution in [0.5, 0.6) is 5.75 Å². The molecule has 10 heteroatoms. The number of aryl methyl sites for hydroxylation is 2. The molecule has 0 aromatic carbocycles. The second-order valence-electron chi connectivity index (χ2n) is 9.39. The minimum absolute atomic E-state index is 0.170. The highest BCUT2D eigenvalue weighted by Crippen LogP contribution is 2.44. The molecule has 1 saturated heterocycles. The fourth-order valence-electron chi connectivity index (χ4n) is 5.11. The molecule has 6 rings (SSSR count). The first kappa shape index (κ1) is 22.7. The van der Waals surface area contributed by atoms with Gasteiger partial charge in [-0.3, -0.25) is 4.79 Å². The molecule has 1 fully saturated rings. The zero-order valence-electron chi connectivity index (χ0n) is 20.6. The third-order valence-corrected chi connectivity index (χ3v) is 6.96. The van der Waals surface area contributed by atoms with Gasteiger partial charge in [-0.15, -0.1) is 0 Å². The number of carbonyl (C=O) groups excluding carboxylic acids is 1. The summed E-state index contributed by atoms with van der Waals surface area (Å²) in [5.74, 6) is 1.94. The highest BCUT2D eigenvalue weighted by Gasteiger charge is 2.44. The van der Waals surface area contributed by atoms with Crippen LogP contribution in [0.3, 0.4) is 0 Å². The molecule has 1 unspecified atom stereocenters. The number of anilines is 1. The number of rotatable bonds is 5. The first-order valence-corrected chi connectivity index (χ1v) is 12.0. The third-order valence-electron chi connectivity index (χ3n) is 6.96. The Morgan fingerprint density at radius 3 is 2.86 bits per heavy atom. The number of carbonyl (C=O) groups is 1. The van der Waals surface area contributed by atoms with Crippen LogP contribution in [0, 0.1) is 0 Å². The maximum atomic E-state index is 11.6. The average Bonchev–Trinajstić information content (AvgIpc) is 3.57. The zero-order valence-corrected chi connectivity index (χ0v) is 20.6. The van der Waals surface area contributed by atoms with Gasteiger partial charge in [0, 0.05) is 81.6 Å². The van der Waals surface area contributed by atoms with Gasteiger partial charge in [-0.25, -0.2) is 15.0 Å². The molecule has 1 amide bonds. The summed E-state index contributed by atoms with van der Waals surface area (Å²) in [5.41, 5.74) is 4.00. The molecule has 4 aromatic rings. The number of hydrogen-bond acceptors (Lipinski definition) is 7. The number of nitrogens with one attached hydrogen (secondary N) is 1. The Balaban J connectivity index is 1.50. The largest absolute Gasteiger partial charge is 0.485 e. The molecule has 10 nitrogen and oxygen atoms in total. The Morgan fingerprint density at radius 2 is 2.11 bits per heavy atom. The lowest BCUT2D eigenvalue weighted by atomic mass is 9.89. The van der Waals surface area contributed by atoms with Gasteiger partial charge in [0.05, 0.1) is 36.3 Å². The Kier molecular flexibility index (Phi) is 5.50. The lowest BCUT2D eigenvalue weighted by Crippen LogP contribution is -2.37. The van der Waals surface area contributed by atoms with E-state index in [0.717, 1.165) is 51.4 Å². The Labute approximate surface area is 208 Å². The molecule has 1 spiro atoms. The Morgan fingerprint density at radius 1 is 1.22 bits per heavy atom. The molecule has 36 heavy (non-hydrogen) atoms. The number of hydrogen-bond donors (Lipinski definition) is 1. The Bertz CT molecular complexity index is 1470. The van der Waals surface area contributed by atoms with Crippen LogP contribution in [0.25, 0.3) is 22.2 Å². The number of ether oxygens (including phenoxy) is 3. The van der Waals surface area contributed by atoms with Crippen molar-refractivity contribution >= 4 is 22.6 Å². The average molecular weight is 489 g/mol. The second-order valence-corrected chi connectivity index (χ2v) is 9.39. The van der Waals surface area contributed by atoms with E-state index in [0.29, 0.717) is 38.7 Å². The lowest BCUT2D eigenvalue weighted by Gasteiger charge is -2.34. The predicted octanol–water partition coefficient (Wildman–Crippen LogP) is 3.09. The van der Waals surface area contributed by atoms with Gasteiger partial charge < -0.3 is 28.7 Å². The summed E-state index contributed by atoms with van der Waals surface area (Å²) in [6.07, 6.45) is 8.93. The van der Waals surface area contributed by atoms with Crippen LogP contribution in [0.15, 0.2) is 36.9 Å². The van der Waals surface area contributed by atoms with Crippen molar-refractivity contribution < 1.29 is 19.0 Å². The lowest BCUT2D eigenvalue weighted by molar-refractivity contribution is -0.114. The molecule has 4 aromatic heterocycles.